The van der Waals surface area contributed by atoms with Crippen LogP contribution in [-0.2, 0) is 9.47 Å². The number of fused-ring (bicyclic) bond motifs is 2. The molecule has 0 radical (unpaired) electrons. The number of hydrogen-bond acceptors (Lipinski definition) is 6. The maximum absolute atomic E-state index is 12.1. The molecule has 0 aromatic carbocycles. The van der Waals surface area contributed by atoms with Gasteiger partial charge in [0.1, 0.15) is 5.60 Å². The van der Waals surface area contributed by atoms with Gasteiger partial charge in [0.05, 0.1) is 7.11 Å². The largest absolute Gasteiger partial charge is 0.480 e. The Bertz CT molecular complexity index is 551. The highest BCUT2D eigenvalue weighted by Gasteiger charge is 2.43. The van der Waals surface area contributed by atoms with Crippen LogP contribution >= 0.6 is 0 Å². The number of ether oxygens (including phenoxy) is 2. The van der Waals surface area contributed by atoms with Crippen LogP contribution in [0.1, 0.15) is 40.5 Å². The smallest absolute Gasteiger partial charge is 0.407 e. The van der Waals surface area contributed by atoms with Gasteiger partial charge in [-0.05, 0) is 52.4 Å². The Kier molecular flexibility index (Phi) is 6.08. The number of carbonyl (C=O) groups is 1. The lowest BCUT2D eigenvalue weighted by molar-refractivity contribution is 0.0438. The van der Waals surface area contributed by atoms with Crippen LogP contribution in [0.15, 0.2) is 22.0 Å². The molecule has 7 nitrogen and oxygen atoms in total. The Balaban J connectivity index is 1.99. The molecule has 7 heteroatoms. The van der Waals surface area contributed by atoms with Crippen LogP contribution in [0.25, 0.3) is 0 Å². The first kappa shape index (κ1) is 19.3. The van der Waals surface area contributed by atoms with Crippen molar-refractivity contribution >= 4 is 18.7 Å². The standard InChI is InChI=1S/C18H30N4O3/c1-12(9-15(24-6)21-19-5)22-10-13-7-8-14(11-22)16(13)20-17(23)25-18(2,3)4/h9,13-14,16H,5,7-8,10-11H2,1-4,6H3,(H,20,23)/b12-9+,21-15+/t13-,14?,16?/m0/s1. The number of rotatable bonds is 4. The second-order valence-corrected chi connectivity index (χ2v) is 7.74. The summed E-state index contributed by atoms with van der Waals surface area (Å²) in [5.74, 6) is 1.29. The van der Waals surface area contributed by atoms with Gasteiger partial charge in [-0.3, -0.25) is 0 Å². The summed E-state index contributed by atoms with van der Waals surface area (Å²) in [6, 6.07) is 0.185. The molecule has 1 saturated carbocycles. The molecule has 1 aliphatic carbocycles. The number of hydrogen-bond donors (Lipinski definition) is 1. The Morgan fingerprint density at radius 3 is 2.36 bits per heavy atom. The van der Waals surface area contributed by atoms with E-state index in [0.29, 0.717) is 17.7 Å². The van der Waals surface area contributed by atoms with E-state index in [0.717, 1.165) is 31.6 Å². The number of allylic oxidation sites excluding steroid dienone is 1. The number of methoxy groups -OCH3 is 1. The van der Waals surface area contributed by atoms with Crippen molar-refractivity contribution in [2.45, 2.75) is 52.2 Å². The van der Waals surface area contributed by atoms with E-state index in [1.165, 1.54) is 0 Å². The van der Waals surface area contributed by atoms with Crippen molar-refractivity contribution in [1.29, 1.82) is 0 Å². The van der Waals surface area contributed by atoms with Gasteiger partial charge in [0.2, 0.25) is 5.90 Å². The summed E-state index contributed by atoms with van der Waals surface area (Å²) < 4.78 is 10.6. The van der Waals surface area contributed by atoms with E-state index in [1.54, 1.807) is 7.11 Å². The first-order chi connectivity index (χ1) is 11.7. The van der Waals surface area contributed by atoms with E-state index in [2.05, 4.69) is 27.1 Å². The quantitative estimate of drug-likeness (QED) is 0.480. The number of alkyl carbamates (subject to hydrolysis) is 1. The Morgan fingerprint density at radius 2 is 1.88 bits per heavy atom. The Labute approximate surface area is 150 Å². The predicted octanol–water partition coefficient (Wildman–Crippen LogP) is 2.79. The van der Waals surface area contributed by atoms with Gasteiger partial charge in [0, 0.05) is 37.6 Å². The second-order valence-electron chi connectivity index (χ2n) is 7.74. The molecule has 0 aromatic heterocycles. The van der Waals surface area contributed by atoms with E-state index in [1.807, 2.05) is 33.8 Å². The van der Waals surface area contributed by atoms with E-state index < -0.39 is 5.60 Å². The van der Waals surface area contributed by atoms with Crippen LogP contribution in [0.3, 0.4) is 0 Å². The molecule has 0 aromatic rings. The average Bonchev–Trinajstić information content (AvgIpc) is 2.74. The fourth-order valence-electron chi connectivity index (χ4n) is 3.66. The Morgan fingerprint density at radius 1 is 1.28 bits per heavy atom. The van der Waals surface area contributed by atoms with Crippen LogP contribution in [0.4, 0.5) is 4.79 Å². The summed E-state index contributed by atoms with van der Waals surface area (Å²) in [4.78, 5) is 14.4. The van der Waals surface area contributed by atoms with Crippen LogP contribution < -0.4 is 5.32 Å². The monoisotopic (exact) mass is 350 g/mol. The molecule has 1 N–H and O–H groups in total. The van der Waals surface area contributed by atoms with Gasteiger partial charge in [-0.25, -0.2) is 4.79 Å². The molecule has 3 atom stereocenters. The average molecular weight is 350 g/mol. The summed E-state index contributed by atoms with van der Waals surface area (Å²) in [5.41, 5.74) is 0.606. The number of nitrogens with zero attached hydrogens (tertiary/aromatic N) is 3. The third-order valence-corrected chi connectivity index (χ3v) is 4.73. The number of carbonyl (C=O) groups excluding carboxylic acids is 1. The molecule has 1 saturated heterocycles. The summed E-state index contributed by atoms with van der Waals surface area (Å²) in [6.07, 6.45) is 3.79. The van der Waals surface area contributed by atoms with Crippen LogP contribution in [-0.4, -0.2) is 55.5 Å². The molecule has 140 valence electrons. The fraction of sp³-hybridized carbons (Fsp3) is 0.722. The highest BCUT2D eigenvalue weighted by atomic mass is 16.6. The fourth-order valence-corrected chi connectivity index (χ4v) is 3.66. The van der Waals surface area contributed by atoms with E-state index in [9.17, 15) is 4.79 Å². The topological polar surface area (TPSA) is 75.5 Å². The van der Waals surface area contributed by atoms with Crippen molar-refractivity contribution in [3.8, 4) is 0 Å². The molecule has 1 aliphatic heterocycles. The van der Waals surface area contributed by atoms with Gasteiger partial charge in [0.25, 0.3) is 0 Å². The highest BCUT2D eigenvalue weighted by molar-refractivity contribution is 5.88. The summed E-state index contributed by atoms with van der Waals surface area (Å²) >= 11 is 0. The molecular formula is C18H30N4O3. The lowest BCUT2D eigenvalue weighted by Crippen LogP contribution is -2.52. The molecule has 0 spiro atoms. The maximum atomic E-state index is 12.1. The van der Waals surface area contributed by atoms with Gasteiger partial charge in [-0.1, -0.05) is 0 Å². The molecular weight excluding hydrogens is 320 g/mol. The third kappa shape index (κ3) is 5.21. The summed E-state index contributed by atoms with van der Waals surface area (Å²) in [7, 11) is 1.56. The van der Waals surface area contributed by atoms with E-state index in [-0.39, 0.29) is 12.1 Å². The van der Waals surface area contributed by atoms with Crippen LogP contribution in [0.5, 0.6) is 0 Å². The first-order valence-electron chi connectivity index (χ1n) is 8.74. The van der Waals surface area contributed by atoms with Crippen molar-refractivity contribution in [3.63, 3.8) is 0 Å². The van der Waals surface area contributed by atoms with E-state index >= 15 is 0 Å². The summed E-state index contributed by atoms with van der Waals surface area (Å²) in [5, 5.41) is 10.5. The zero-order valence-corrected chi connectivity index (χ0v) is 15.9. The van der Waals surface area contributed by atoms with Gasteiger partial charge in [-0.15, -0.1) is 5.10 Å². The molecule has 2 fully saturated rings. The van der Waals surface area contributed by atoms with Gasteiger partial charge >= 0.3 is 6.09 Å². The SMILES string of the molecule is C=N/N=C(\C=C(/C)N1CC2CC[C@@H](C1)C2NC(=O)OC(C)(C)C)OC. The minimum Gasteiger partial charge on any atom is -0.480 e. The Hall–Kier alpha value is -2.05. The summed E-state index contributed by atoms with van der Waals surface area (Å²) in [6.45, 7) is 12.8. The van der Waals surface area contributed by atoms with Gasteiger partial charge in [0.15, 0.2) is 0 Å². The number of likely N-dealkylation sites (tertiary alicyclic amines) is 1. The lowest BCUT2D eigenvalue weighted by Gasteiger charge is -2.40. The van der Waals surface area contributed by atoms with Crippen LogP contribution in [0, 0.1) is 11.8 Å². The maximum Gasteiger partial charge on any atom is 0.407 e. The molecule has 2 bridgehead atoms. The van der Waals surface area contributed by atoms with Gasteiger partial charge in [-0.2, -0.15) is 5.10 Å². The number of nitrogens with one attached hydrogen (secondary N) is 1. The minimum absolute atomic E-state index is 0.185. The first-order valence-corrected chi connectivity index (χ1v) is 8.74. The molecule has 2 unspecified atom stereocenters. The highest BCUT2D eigenvalue weighted by Crippen LogP contribution is 2.38. The zero-order valence-electron chi connectivity index (χ0n) is 15.9. The van der Waals surface area contributed by atoms with Crippen LogP contribution in [0.2, 0.25) is 0 Å². The normalized spacial score (nSPS) is 27.1. The number of amides is 1. The van der Waals surface area contributed by atoms with Crippen molar-refractivity contribution in [3.05, 3.63) is 11.8 Å². The molecule has 1 amide bonds. The van der Waals surface area contributed by atoms with Crippen molar-refractivity contribution < 1.29 is 14.3 Å². The second kappa shape index (κ2) is 7.89. The van der Waals surface area contributed by atoms with E-state index in [4.69, 9.17) is 9.47 Å². The molecule has 2 aliphatic rings. The predicted molar refractivity (Wildman–Crippen MR) is 98.7 cm³/mol. The lowest BCUT2D eigenvalue weighted by atomic mass is 9.92. The number of piperidine rings is 1. The van der Waals surface area contributed by atoms with Crippen molar-refractivity contribution in [1.82, 2.24) is 10.2 Å². The minimum atomic E-state index is -0.474. The van der Waals surface area contributed by atoms with Gasteiger partial charge < -0.3 is 19.7 Å². The zero-order chi connectivity index (χ0) is 18.6. The molecule has 2 rings (SSSR count). The van der Waals surface area contributed by atoms with Crippen molar-refractivity contribution in [2.75, 3.05) is 20.2 Å². The molecule has 25 heavy (non-hydrogen) atoms. The van der Waals surface area contributed by atoms with Crippen molar-refractivity contribution in [2.24, 2.45) is 22.0 Å². The molecule has 1 heterocycles. The third-order valence-electron chi connectivity index (χ3n) is 4.73.